The van der Waals surface area contributed by atoms with Gasteiger partial charge in [0.1, 0.15) is 24.6 Å². The van der Waals surface area contributed by atoms with Crippen molar-refractivity contribution in [3.63, 3.8) is 0 Å². The second kappa shape index (κ2) is 11.5. The molecule has 1 aliphatic rings. The number of hydrogen-bond acceptors (Lipinski definition) is 5. The number of hydrogen-bond donors (Lipinski definition) is 0. The Bertz CT molecular complexity index is 955. The van der Waals surface area contributed by atoms with E-state index in [4.69, 9.17) is 25.8 Å². The minimum Gasteiger partial charge on any atom is -0.490 e. The van der Waals surface area contributed by atoms with Crippen LogP contribution in [0.3, 0.4) is 0 Å². The number of carbonyl (C=O) groups excluding carboxylic acids is 2. The third kappa shape index (κ3) is 6.93. The van der Waals surface area contributed by atoms with Gasteiger partial charge in [0.15, 0.2) is 0 Å². The van der Waals surface area contributed by atoms with Gasteiger partial charge in [-0.2, -0.15) is 0 Å². The summed E-state index contributed by atoms with van der Waals surface area (Å²) in [6.07, 6.45) is 0.0830. The quantitative estimate of drug-likeness (QED) is 0.557. The summed E-state index contributed by atoms with van der Waals surface area (Å²) in [5.41, 5.74) is 0.956. The van der Waals surface area contributed by atoms with Crippen LogP contribution >= 0.6 is 11.6 Å². The number of benzene rings is 2. The fraction of sp³-hybridized carbons (Fsp3) is 0.440. The third-order valence-corrected chi connectivity index (χ3v) is 6.09. The summed E-state index contributed by atoms with van der Waals surface area (Å²) in [6.45, 7) is 3.48. The molecule has 7 nitrogen and oxygen atoms in total. The lowest BCUT2D eigenvalue weighted by Gasteiger charge is -2.42. The Morgan fingerprint density at radius 2 is 1.97 bits per heavy atom. The van der Waals surface area contributed by atoms with Crippen LogP contribution in [0.5, 0.6) is 5.75 Å². The van der Waals surface area contributed by atoms with Crippen LogP contribution in [-0.4, -0.2) is 74.3 Å². The number of methoxy groups -OCH3 is 1. The van der Waals surface area contributed by atoms with Crippen molar-refractivity contribution in [3.8, 4) is 5.75 Å². The number of morpholine rings is 1. The van der Waals surface area contributed by atoms with Crippen molar-refractivity contribution in [2.45, 2.75) is 25.5 Å². The maximum absolute atomic E-state index is 13.2. The number of halogens is 1. The zero-order valence-electron chi connectivity index (χ0n) is 19.4. The number of ether oxygens (including phenoxy) is 3. The largest absolute Gasteiger partial charge is 0.490 e. The van der Waals surface area contributed by atoms with E-state index in [1.807, 2.05) is 43.3 Å². The van der Waals surface area contributed by atoms with Crippen LogP contribution in [0.25, 0.3) is 0 Å². The van der Waals surface area contributed by atoms with Gasteiger partial charge in [0, 0.05) is 32.3 Å². The van der Waals surface area contributed by atoms with Crippen molar-refractivity contribution >= 4 is 23.4 Å². The Morgan fingerprint density at radius 3 is 2.67 bits per heavy atom. The fourth-order valence-electron chi connectivity index (χ4n) is 3.80. The summed E-state index contributed by atoms with van der Waals surface area (Å²) in [5, 5.41) is 0.653. The molecule has 33 heavy (non-hydrogen) atoms. The average molecular weight is 475 g/mol. The van der Waals surface area contributed by atoms with Crippen molar-refractivity contribution in [2.75, 3.05) is 47.1 Å². The van der Waals surface area contributed by atoms with E-state index >= 15 is 0 Å². The van der Waals surface area contributed by atoms with Crippen LogP contribution < -0.4 is 4.74 Å². The van der Waals surface area contributed by atoms with E-state index in [9.17, 15) is 9.59 Å². The Balaban J connectivity index is 1.75. The SMILES string of the molecule is COCC(=O)N1CCOC(COc2ccc(Cl)c(C)c2)(CC(=O)N(C)Cc2ccccc2)C1. The molecule has 0 bridgehead atoms. The monoisotopic (exact) mass is 474 g/mol. The lowest BCUT2D eigenvalue weighted by Crippen LogP contribution is -2.58. The van der Waals surface area contributed by atoms with Gasteiger partial charge < -0.3 is 24.0 Å². The molecule has 2 aromatic carbocycles. The van der Waals surface area contributed by atoms with Gasteiger partial charge in [0.2, 0.25) is 11.8 Å². The Kier molecular flexibility index (Phi) is 8.72. The van der Waals surface area contributed by atoms with Crippen LogP contribution in [0.4, 0.5) is 0 Å². The number of amides is 2. The number of rotatable bonds is 9. The molecule has 178 valence electrons. The van der Waals surface area contributed by atoms with Crippen LogP contribution in [0.2, 0.25) is 5.02 Å². The van der Waals surface area contributed by atoms with E-state index in [0.717, 1.165) is 11.1 Å². The summed E-state index contributed by atoms with van der Waals surface area (Å²) in [5.74, 6) is 0.402. The van der Waals surface area contributed by atoms with Crippen molar-refractivity contribution in [1.82, 2.24) is 9.80 Å². The molecule has 0 N–H and O–H groups in total. The first-order chi connectivity index (χ1) is 15.8. The molecule has 0 spiro atoms. The molecular formula is C25H31ClN2O5. The van der Waals surface area contributed by atoms with Crippen molar-refractivity contribution in [1.29, 1.82) is 0 Å². The highest BCUT2D eigenvalue weighted by Gasteiger charge is 2.42. The third-order valence-electron chi connectivity index (χ3n) is 5.66. The molecule has 1 heterocycles. The summed E-state index contributed by atoms with van der Waals surface area (Å²) in [4.78, 5) is 29.0. The van der Waals surface area contributed by atoms with Gasteiger partial charge >= 0.3 is 0 Å². The predicted molar refractivity (Wildman–Crippen MR) is 126 cm³/mol. The van der Waals surface area contributed by atoms with Gasteiger partial charge in [-0.1, -0.05) is 41.9 Å². The first kappa shape index (κ1) is 25.0. The molecule has 1 atom stereocenters. The smallest absolute Gasteiger partial charge is 0.248 e. The minimum atomic E-state index is -0.975. The fourth-order valence-corrected chi connectivity index (χ4v) is 3.91. The molecule has 0 radical (unpaired) electrons. The van der Waals surface area contributed by atoms with Gasteiger partial charge in [-0.3, -0.25) is 9.59 Å². The van der Waals surface area contributed by atoms with Crippen LogP contribution in [0, 0.1) is 6.92 Å². The van der Waals surface area contributed by atoms with E-state index in [1.54, 1.807) is 29.0 Å². The van der Waals surface area contributed by atoms with E-state index in [2.05, 4.69) is 0 Å². The number of aryl methyl sites for hydroxylation is 1. The Hall–Kier alpha value is -2.61. The lowest BCUT2D eigenvalue weighted by atomic mass is 9.96. The maximum atomic E-state index is 13.2. The van der Waals surface area contributed by atoms with E-state index < -0.39 is 5.60 Å². The number of nitrogens with zero attached hydrogens (tertiary/aromatic N) is 2. The highest BCUT2D eigenvalue weighted by Crippen LogP contribution is 2.27. The maximum Gasteiger partial charge on any atom is 0.248 e. The van der Waals surface area contributed by atoms with Gasteiger partial charge in [-0.05, 0) is 36.2 Å². The standard InChI is InChI=1S/C25H31ClN2O5/c1-19-13-21(9-10-22(19)26)32-18-25(17-28(11-12-33-25)24(30)16-31-3)14-23(29)27(2)15-20-7-5-4-6-8-20/h4-10,13H,11-12,14-18H2,1-3H3. The molecule has 1 fully saturated rings. The van der Waals surface area contributed by atoms with Gasteiger partial charge in [-0.15, -0.1) is 0 Å². The van der Waals surface area contributed by atoms with E-state index in [-0.39, 0.29) is 38.0 Å². The van der Waals surface area contributed by atoms with Crippen LogP contribution in [0.15, 0.2) is 48.5 Å². The normalized spacial score (nSPS) is 18.1. The summed E-state index contributed by atoms with van der Waals surface area (Å²) in [7, 11) is 3.25. The molecule has 8 heteroatoms. The first-order valence-electron chi connectivity index (χ1n) is 10.9. The molecule has 0 aliphatic carbocycles. The van der Waals surface area contributed by atoms with Crippen LogP contribution in [0.1, 0.15) is 17.5 Å². The highest BCUT2D eigenvalue weighted by molar-refractivity contribution is 6.31. The van der Waals surface area contributed by atoms with Crippen molar-refractivity contribution < 1.29 is 23.8 Å². The highest BCUT2D eigenvalue weighted by atomic mass is 35.5. The molecular weight excluding hydrogens is 444 g/mol. The second-order valence-electron chi connectivity index (χ2n) is 8.39. The molecule has 1 aliphatic heterocycles. The minimum absolute atomic E-state index is 0.0187. The Morgan fingerprint density at radius 1 is 1.21 bits per heavy atom. The predicted octanol–water partition coefficient (Wildman–Crippen LogP) is 3.32. The molecule has 0 saturated carbocycles. The number of carbonyl (C=O) groups is 2. The first-order valence-corrected chi connectivity index (χ1v) is 11.3. The zero-order valence-corrected chi connectivity index (χ0v) is 20.1. The zero-order chi connectivity index (χ0) is 23.8. The lowest BCUT2D eigenvalue weighted by molar-refractivity contribution is -0.167. The summed E-state index contributed by atoms with van der Waals surface area (Å²) >= 11 is 6.12. The Labute approximate surface area is 200 Å². The average Bonchev–Trinajstić information content (AvgIpc) is 2.81. The van der Waals surface area contributed by atoms with Crippen molar-refractivity contribution in [3.05, 3.63) is 64.7 Å². The van der Waals surface area contributed by atoms with Gasteiger partial charge in [0.05, 0.1) is 19.6 Å². The molecule has 3 rings (SSSR count). The molecule has 0 aromatic heterocycles. The van der Waals surface area contributed by atoms with Gasteiger partial charge in [-0.25, -0.2) is 0 Å². The second-order valence-corrected chi connectivity index (χ2v) is 8.80. The van der Waals surface area contributed by atoms with Gasteiger partial charge in [0.25, 0.3) is 0 Å². The van der Waals surface area contributed by atoms with E-state index in [0.29, 0.717) is 30.5 Å². The molecule has 1 saturated heterocycles. The molecule has 2 aromatic rings. The molecule has 2 amide bonds. The van der Waals surface area contributed by atoms with Crippen molar-refractivity contribution in [2.24, 2.45) is 0 Å². The molecule has 1 unspecified atom stereocenters. The van der Waals surface area contributed by atoms with Crippen LogP contribution in [-0.2, 0) is 25.6 Å². The van der Waals surface area contributed by atoms with E-state index in [1.165, 1.54) is 7.11 Å². The summed E-state index contributed by atoms with van der Waals surface area (Å²) < 4.78 is 17.2. The topological polar surface area (TPSA) is 68.3 Å². The summed E-state index contributed by atoms with van der Waals surface area (Å²) in [6, 6.07) is 15.2.